The monoisotopic (exact) mass is 461 g/mol. The van der Waals surface area contributed by atoms with Gasteiger partial charge in [-0.1, -0.05) is 25.1 Å². The van der Waals surface area contributed by atoms with Crippen LogP contribution in [0.5, 0.6) is 11.5 Å². The van der Waals surface area contributed by atoms with Crippen molar-refractivity contribution in [3.63, 3.8) is 0 Å². The predicted molar refractivity (Wildman–Crippen MR) is 135 cm³/mol. The van der Waals surface area contributed by atoms with Crippen molar-refractivity contribution in [1.82, 2.24) is 5.32 Å². The maximum absolute atomic E-state index is 12.3. The van der Waals surface area contributed by atoms with E-state index in [2.05, 4.69) is 16.0 Å². The lowest BCUT2D eigenvalue weighted by molar-refractivity contribution is -0.114. The van der Waals surface area contributed by atoms with Crippen molar-refractivity contribution in [2.24, 2.45) is 0 Å². The third-order valence-corrected chi connectivity index (χ3v) is 5.09. The number of ether oxygens (including phenoxy) is 2. The van der Waals surface area contributed by atoms with Crippen LogP contribution in [0, 0.1) is 0 Å². The Balaban J connectivity index is 1.37. The first-order valence-electron chi connectivity index (χ1n) is 11.4. The van der Waals surface area contributed by atoms with Crippen LogP contribution in [0.1, 0.15) is 30.6 Å². The molecule has 7 heteroatoms. The van der Waals surface area contributed by atoms with Crippen LogP contribution in [0.3, 0.4) is 0 Å². The summed E-state index contributed by atoms with van der Waals surface area (Å²) in [6.07, 6.45) is 0.875. The average Bonchev–Trinajstić information content (AvgIpc) is 2.87. The lowest BCUT2D eigenvalue weighted by Crippen LogP contribution is -2.31. The Hall–Kier alpha value is -4.00. The predicted octanol–water partition coefficient (Wildman–Crippen LogP) is 4.72. The number of nitrogens with one attached hydrogen (secondary N) is 3. The topological polar surface area (TPSA) is 88.7 Å². The van der Waals surface area contributed by atoms with Gasteiger partial charge in [-0.25, -0.2) is 0 Å². The Bertz CT molecular complexity index is 1040. The van der Waals surface area contributed by atoms with Gasteiger partial charge in [-0.3, -0.25) is 9.59 Å². The first kappa shape index (κ1) is 24.6. The van der Waals surface area contributed by atoms with E-state index in [9.17, 15) is 9.59 Å². The van der Waals surface area contributed by atoms with Gasteiger partial charge < -0.3 is 25.4 Å². The summed E-state index contributed by atoms with van der Waals surface area (Å²) in [5.74, 6) is 1.23. The highest BCUT2D eigenvalue weighted by Crippen LogP contribution is 2.16. The second kappa shape index (κ2) is 12.9. The quantitative estimate of drug-likeness (QED) is 0.340. The molecule has 0 aromatic heterocycles. The molecule has 0 saturated carbocycles. The number of carbonyl (C=O) groups excluding carboxylic acids is 2. The Morgan fingerprint density at radius 2 is 1.38 bits per heavy atom. The first-order chi connectivity index (χ1) is 16.5. The number of hydrogen-bond donors (Lipinski definition) is 3. The SMILES string of the molecule is CCC(C)NC(=O)c1ccc(NCC(=O)Nc2ccc(OCCOc3ccccc3)cc2)cc1. The molecule has 0 heterocycles. The van der Waals surface area contributed by atoms with Crippen molar-refractivity contribution >= 4 is 23.2 Å². The molecule has 1 unspecified atom stereocenters. The van der Waals surface area contributed by atoms with Crippen molar-refractivity contribution in [2.75, 3.05) is 30.4 Å². The fraction of sp³-hybridized carbons (Fsp3) is 0.259. The maximum Gasteiger partial charge on any atom is 0.251 e. The van der Waals surface area contributed by atoms with Gasteiger partial charge in [-0.15, -0.1) is 0 Å². The molecule has 0 aliphatic heterocycles. The van der Waals surface area contributed by atoms with Crippen LogP contribution in [0.2, 0.25) is 0 Å². The molecule has 0 bridgehead atoms. The molecule has 34 heavy (non-hydrogen) atoms. The van der Waals surface area contributed by atoms with Crippen LogP contribution in [-0.4, -0.2) is 37.6 Å². The van der Waals surface area contributed by atoms with Crippen LogP contribution in [-0.2, 0) is 4.79 Å². The summed E-state index contributed by atoms with van der Waals surface area (Å²) in [4.78, 5) is 24.4. The van der Waals surface area contributed by atoms with Crippen molar-refractivity contribution in [1.29, 1.82) is 0 Å². The molecule has 0 aliphatic rings. The van der Waals surface area contributed by atoms with Gasteiger partial charge in [0.25, 0.3) is 5.91 Å². The third kappa shape index (κ3) is 8.16. The van der Waals surface area contributed by atoms with Crippen LogP contribution in [0.15, 0.2) is 78.9 Å². The smallest absolute Gasteiger partial charge is 0.251 e. The molecule has 0 fully saturated rings. The van der Waals surface area contributed by atoms with E-state index < -0.39 is 0 Å². The molecule has 0 spiro atoms. The number of amides is 2. The second-order valence-corrected chi connectivity index (χ2v) is 7.80. The lowest BCUT2D eigenvalue weighted by atomic mass is 10.1. The minimum Gasteiger partial charge on any atom is -0.490 e. The molecule has 3 N–H and O–H groups in total. The van der Waals surface area contributed by atoms with E-state index in [0.29, 0.717) is 30.2 Å². The number of anilines is 2. The highest BCUT2D eigenvalue weighted by atomic mass is 16.5. The molecule has 3 aromatic rings. The van der Waals surface area contributed by atoms with E-state index >= 15 is 0 Å². The van der Waals surface area contributed by atoms with E-state index in [1.165, 1.54) is 0 Å². The van der Waals surface area contributed by atoms with E-state index in [1.807, 2.05) is 44.2 Å². The second-order valence-electron chi connectivity index (χ2n) is 7.80. The summed E-state index contributed by atoms with van der Waals surface area (Å²) in [6.45, 7) is 4.96. The Labute approximate surface area is 200 Å². The Kier molecular flexibility index (Phi) is 9.34. The van der Waals surface area contributed by atoms with Gasteiger partial charge >= 0.3 is 0 Å². The molecule has 0 saturated heterocycles. The fourth-order valence-corrected chi connectivity index (χ4v) is 3.01. The molecular weight excluding hydrogens is 430 g/mol. The molecule has 3 rings (SSSR count). The van der Waals surface area contributed by atoms with Gasteiger partial charge in [0, 0.05) is 23.0 Å². The van der Waals surface area contributed by atoms with Gasteiger partial charge in [0.1, 0.15) is 24.7 Å². The van der Waals surface area contributed by atoms with E-state index in [-0.39, 0.29) is 24.4 Å². The first-order valence-corrected chi connectivity index (χ1v) is 11.4. The zero-order valence-electron chi connectivity index (χ0n) is 19.5. The average molecular weight is 462 g/mol. The minimum absolute atomic E-state index is 0.102. The van der Waals surface area contributed by atoms with E-state index in [0.717, 1.165) is 17.9 Å². The molecule has 1 atom stereocenters. The summed E-state index contributed by atoms with van der Waals surface area (Å²) in [5.41, 5.74) is 2.03. The number of hydrogen-bond acceptors (Lipinski definition) is 5. The van der Waals surface area contributed by atoms with Crippen LogP contribution in [0.4, 0.5) is 11.4 Å². The van der Waals surface area contributed by atoms with Crippen molar-refractivity contribution < 1.29 is 19.1 Å². The lowest BCUT2D eigenvalue weighted by Gasteiger charge is -2.12. The van der Waals surface area contributed by atoms with Crippen molar-refractivity contribution in [3.05, 3.63) is 84.4 Å². The summed E-state index contributed by atoms with van der Waals surface area (Å²) in [6, 6.07) is 23.9. The molecular formula is C27H31N3O4. The van der Waals surface area contributed by atoms with Crippen LogP contribution in [0.25, 0.3) is 0 Å². The molecule has 0 aliphatic carbocycles. The number of para-hydroxylation sites is 1. The molecule has 7 nitrogen and oxygen atoms in total. The molecule has 2 amide bonds. The van der Waals surface area contributed by atoms with E-state index in [4.69, 9.17) is 9.47 Å². The van der Waals surface area contributed by atoms with Gasteiger partial charge in [0.05, 0.1) is 6.54 Å². The molecule has 0 radical (unpaired) electrons. The van der Waals surface area contributed by atoms with Crippen LogP contribution >= 0.6 is 0 Å². The Morgan fingerprint density at radius 3 is 2.00 bits per heavy atom. The van der Waals surface area contributed by atoms with Gasteiger partial charge in [0.2, 0.25) is 5.91 Å². The molecule has 3 aromatic carbocycles. The zero-order valence-corrected chi connectivity index (χ0v) is 19.5. The summed E-state index contributed by atoms with van der Waals surface area (Å²) < 4.78 is 11.3. The fourth-order valence-electron chi connectivity index (χ4n) is 3.01. The number of carbonyl (C=O) groups is 2. The standard InChI is InChI=1S/C27H31N3O4/c1-3-20(2)29-27(32)21-9-11-22(12-10-21)28-19-26(31)30-23-13-15-25(16-14-23)34-18-17-33-24-7-5-4-6-8-24/h4-16,20,28H,3,17-19H2,1-2H3,(H,29,32)(H,30,31). The summed E-state index contributed by atoms with van der Waals surface area (Å²) in [7, 11) is 0. The summed E-state index contributed by atoms with van der Waals surface area (Å²) in [5, 5.41) is 8.83. The van der Waals surface area contributed by atoms with E-state index in [1.54, 1.807) is 48.5 Å². The highest BCUT2D eigenvalue weighted by Gasteiger charge is 2.09. The van der Waals surface area contributed by atoms with Crippen molar-refractivity contribution in [2.45, 2.75) is 26.3 Å². The van der Waals surface area contributed by atoms with Crippen LogP contribution < -0.4 is 25.4 Å². The maximum atomic E-state index is 12.3. The highest BCUT2D eigenvalue weighted by molar-refractivity contribution is 5.95. The zero-order chi connectivity index (χ0) is 24.2. The number of benzene rings is 3. The Morgan fingerprint density at radius 1 is 0.794 bits per heavy atom. The minimum atomic E-state index is -0.177. The third-order valence-electron chi connectivity index (χ3n) is 5.09. The summed E-state index contributed by atoms with van der Waals surface area (Å²) >= 11 is 0. The normalized spacial score (nSPS) is 11.2. The van der Waals surface area contributed by atoms with Gasteiger partial charge in [0.15, 0.2) is 0 Å². The molecule has 178 valence electrons. The largest absolute Gasteiger partial charge is 0.490 e. The van der Waals surface area contributed by atoms with Crippen molar-refractivity contribution in [3.8, 4) is 11.5 Å². The van der Waals surface area contributed by atoms with Gasteiger partial charge in [-0.2, -0.15) is 0 Å². The van der Waals surface area contributed by atoms with Gasteiger partial charge in [-0.05, 0) is 74.0 Å². The number of rotatable bonds is 12.